The molecule has 1 aliphatic rings. The first-order chi connectivity index (χ1) is 10.1. The summed E-state index contributed by atoms with van der Waals surface area (Å²) >= 11 is 6.06. The fourth-order valence-corrected chi connectivity index (χ4v) is 2.46. The summed E-state index contributed by atoms with van der Waals surface area (Å²) in [6.45, 7) is 0.0749. The van der Waals surface area contributed by atoms with E-state index >= 15 is 0 Å². The van der Waals surface area contributed by atoms with E-state index in [0.29, 0.717) is 27.8 Å². The van der Waals surface area contributed by atoms with Crippen LogP contribution in [-0.4, -0.2) is 19.0 Å². The van der Waals surface area contributed by atoms with Crippen LogP contribution in [0.4, 0.5) is 4.39 Å². The fourth-order valence-electron chi connectivity index (χ4n) is 2.18. The molecule has 4 nitrogen and oxygen atoms in total. The lowest BCUT2D eigenvalue weighted by atomic mass is 10.0. The summed E-state index contributed by atoms with van der Waals surface area (Å²) < 4.78 is 29.4. The third kappa shape index (κ3) is 2.50. The molecule has 21 heavy (non-hydrogen) atoms. The molecule has 2 aromatic carbocycles. The number of ether oxygens (including phenoxy) is 3. The average molecular weight is 311 g/mol. The summed E-state index contributed by atoms with van der Waals surface area (Å²) in [6.07, 6.45) is -1.16. The van der Waals surface area contributed by atoms with Crippen LogP contribution in [0.1, 0.15) is 17.2 Å². The van der Waals surface area contributed by atoms with Crippen LogP contribution >= 0.6 is 11.6 Å². The molecule has 1 unspecified atom stereocenters. The molecule has 2 aromatic rings. The summed E-state index contributed by atoms with van der Waals surface area (Å²) in [7, 11) is 1.45. The average Bonchev–Trinajstić information content (AvgIpc) is 2.95. The number of hydrogen-bond donors (Lipinski definition) is 1. The van der Waals surface area contributed by atoms with Crippen molar-refractivity contribution in [2.75, 3.05) is 13.9 Å². The first-order valence-electron chi connectivity index (χ1n) is 6.20. The van der Waals surface area contributed by atoms with Gasteiger partial charge in [-0.15, -0.1) is 0 Å². The molecule has 1 N–H and O–H groups in total. The quantitative estimate of drug-likeness (QED) is 0.945. The Morgan fingerprint density at radius 3 is 2.81 bits per heavy atom. The van der Waals surface area contributed by atoms with Crippen molar-refractivity contribution in [1.29, 1.82) is 0 Å². The van der Waals surface area contributed by atoms with Crippen molar-refractivity contribution < 1.29 is 23.7 Å². The van der Waals surface area contributed by atoms with Crippen molar-refractivity contribution in [3.8, 4) is 17.2 Å². The maximum Gasteiger partial charge on any atom is 0.231 e. The van der Waals surface area contributed by atoms with Gasteiger partial charge in [-0.05, 0) is 29.8 Å². The molecule has 0 amide bonds. The minimum Gasteiger partial charge on any atom is -0.497 e. The van der Waals surface area contributed by atoms with Gasteiger partial charge in [0.1, 0.15) is 17.7 Å². The van der Waals surface area contributed by atoms with Crippen LogP contribution in [-0.2, 0) is 0 Å². The van der Waals surface area contributed by atoms with Gasteiger partial charge in [0.2, 0.25) is 6.79 Å². The Hall–Kier alpha value is -1.98. The SMILES string of the molecule is COc1ccc(C(O)c2cc(Cl)c3c(c2)OCO3)c(F)c1. The molecule has 0 spiro atoms. The second-order valence-electron chi connectivity index (χ2n) is 4.53. The predicted octanol–water partition coefficient (Wildman–Crippen LogP) is 3.30. The van der Waals surface area contributed by atoms with Gasteiger partial charge >= 0.3 is 0 Å². The maximum atomic E-state index is 14.0. The van der Waals surface area contributed by atoms with Crippen LogP contribution in [0.3, 0.4) is 0 Å². The van der Waals surface area contributed by atoms with Gasteiger partial charge in [0.05, 0.1) is 12.1 Å². The Bertz CT molecular complexity index is 690. The second-order valence-corrected chi connectivity index (χ2v) is 4.93. The van der Waals surface area contributed by atoms with E-state index in [0.717, 1.165) is 0 Å². The third-order valence-corrected chi connectivity index (χ3v) is 3.55. The van der Waals surface area contributed by atoms with Crippen molar-refractivity contribution >= 4 is 11.6 Å². The number of hydrogen-bond acceptors (Lipinski definition) is 4. The number of rotatable bonds is 3. The summed E-state index contributed by atoms with van der Waals surface area (Å²) in [4.78, 5) is 0. The first-order valence-corrected chi connectivity index (χ1v) is 6.58. The summed E-state index contributed by atoms with van der Waals surface area (Å²) in [6, 6.07) is 7.38. The molecule has 1 heterocycles. The van der Waals surface area contributed by atoms with E-state index in [-0.39, 0.29) is 12.4 Å². The standard InChI is InChI=1S/C15H12ClFO4/c1-19-9-2-3-10(12(17)6-9)14(18)8-4-11(16)15-13(5-8)20-7-21-15/h2-6,14,18H,7H2,1H3. The summed E-state index contributed by atoms with van der Waals surface area (Å²) in [5, 5.41) is 10.7. The van der Waals surface area contributed by atoms with Gasteiger partial charge in [-0.3, -0.25) is 0 Å². The van der Waals surface area contributed by atoms with E-state index in [1.165, 1.54) is 25.3 Å². The maximum absolute atomic E-state index is 14.0. The van der Waals surface area contributed by atoms with Gasteiger partial charge in [-0.2, -0.15) is 0 Å². The lowest BCUT2D eigenvalue weighted by Gasteiger charge is -2.14. The summed E-state index contributed by atoms with van der Waals surface area (Å²) in [5.74, 6) is 0.691. The Balaban J connectivity index is 1.99. The number of halogens is 2. The molecule has 0 aliphatic carbocycles. The lowest BCUT2D eigenvalue weighted by Crippen LogP contribution is -2.03. The van der Waals surface area contributed by atoms with E-state index in [1.54, 1.807) is 12.1 Å². The van der Waals surface area contributed by atoms with Crippen LogP contribution in [0.15, 0.2) is 30.3 Å². The fraction of sp³-hybridized carbons (Fsp3) is 0.200. The molecule has 0 aromatic heterocycles. The normalized spacial score (nSPS) is 14.1. The number of fused-ring (bicyclic) bond motifs is 1. The number of aliphatic hydroxyl groups is 1. The smallest absolute Gasteiger partial charge is 0.231 e. The van der Waals surface area contributed by atoms with Crippen LogP contribution in [0.2, 0.25) is 5.02 Å². The molecule has 3 rings (SSSR count). The molecule has 0 radical (unpaired) electrons. The zero-order valence-electron chi connectivity index (χ0n) is 11.1. The van der Waals surface area contributed by atoms with Gasteiger partial charge in [0, 0.05) is 11.6 Å². The Kier molecular flexibility index (Phi) is 3.61. The lowest BCUT2D eigenvalue weighted by molar-refractivity contribution is 0.173. The van der Waals surface area contributed by atoms with Crippen LogP contribution in [0.5, 0.6) is 17.2 Å². The minimum atomic E-state index is -1.16. The Labute approximate surface area is 125 Å². The molecule has 6 heteroatoms. The van der Waals surface area contributed by atoms with E-state index < -0.39 is 11.9 Å². The van der Waals surface area contributed by atoms with E-state index in [9.17, 15) is 9.50 Å². The monoisotopic (exact) mass is 310 g/mol. The molecule has 1 aliphatic heterocycles. The van der Waals surface area contributed by atoms with Crippen LogP contribution in [0, 0.1) is 5.82 Å². The van der Waals surface area contributed by atoms with Gasteiger partial charge in [-0.1, -0.05) is 11.6 Å². The van der Waals surface area contributed by atoms with Gasteiger partial charge in [-0.25, -0.2) is 4.39 Å². The van der Waals surface area contributed by atoms with Crippen molar-refractivity contribution in [3.63, 3.8) is 0 Å². The van der Waals surface area contributed by atoms with Crippen molar-refractivity contribution in [2.24, 2.45) is 0 Å². The molecular formula is C15H12ClFO4. The highest BCUT2D eigenvalue weighted by atomic mass is 35.5. The Morgan fingerprint density at radius 2 is 2.10 bits per heavy atom. The molecule has 0 saturated heterocycles. The zero-order chi connectivity index (χ0) is 15.0. The summed E-state index contributed by atoms with van der Waals surface area (Å²) in [5.41, 5.74) is 0.555. The molecular weight excluding hydrogens is 299 g/mol. The second kappa shape index (κ2) is 5.42. The van der Waals surface area contributed by atoms with Crippen molar-refractivity contribution in [3.05, 3.63) is 52.3 Å². The van der Waals surface area contributed by atoms with Gasteiger partial charge in [0.15, 0.2) is 11.5 Å². The Morgan fingerprint density at radius 1 is 1.29 bits per heavy atom. The van der Waals surface area contributed by atoms with Crippen LogP contribution < -0.4 is 14.2 Å². The zero-order valence-corrected chi connectivity index (χ0v) is 11.9. The first kappa shape index (κ1) is 14.0. The highest BCUT2D eigenvalue weighted by Crippen LogP contribution is 2.42. The van der Waals surface area contributed by atoms with Crippen LogP contribution in [0.25, 0.3) is 0 Å². The topological polar surface area (TPSA) is 47.9 Å². The molecule has 0 fully saturated rings. The number of aliphatic hydroxyl groups excluding tert-OH is 1. The predicted molar refractivity (Wildman–Crippen MR) is 74.6 cm³/mol. The third-order valence-electron chi connectivity index (χ3n) is 3.27. The van der Waals surface area contributed by atoms with Crippen molar-refractivity contribution in [1.82, 2.24) is 0 Å². The minimum absolute atomic E-state index is 0.0749. The molecule has 110 valence electrons. The number of benzene rings is 2. The molecule has 0 saturated carbocycles. The van der Waals surface area contributed by atoms with E-state index in [1.807, 2.05) is 0 Å². The number of methoxy groups -OCH3 is 1. The largest absolute Gasteiger partial charge is 0.497 e. The van der Waals surface area contributed by atoms with Gasteiger partial charge in [0.25, 0.3) is 0 Å². The highest BCUT2D eigenvalue weighted by Gasteiger charge is 2.23. The molecule has 0 bridgehead atoms. The van der Waals surface area contributed by atoms with Gasteiger partial charge < -0.3 is 19.3 Å². The van der Waals surface area contributed by atoms with E-state index in [4.69, 9.17) is 25.8 Å². The van der Waals surface area contributed by atoms with Crippen molar-refractivity contribution in [2.45, 2.75) is 6.10 Å². The van der Waals surface area contributed by atoms with E-state index in [2.05, 4.69) is 0 Å². The highest BCUT2D eigenvalue weighted by molar-refractivity contribution is 6.32. The molecule has 1 atom stereocenters.